The third-order valence-corrected chi connectivity index (χ3v) is 5.91. The molecule has 1 fully saturated rings. The fourth-order valence-electron chi connectivity index (χ4n) is 4.51. The highest BCUT2D eigenvalue weighted by molar-refractivity contribution is 5.43. The van der Waals surface area contributed by atoms with Gasteiger partial charge >= 0.3 is 0 Å². The molecule has 0 bridgehead atoms. The molecule has 1 N–H and O–H groups in total. The molecule has 0 saturated carbocycles. The Kier molecular flexibility index (Phi) is 6.18. The first kappa shape index (κ1) is 17.8. The number of rotatable bonds is 6. The zero-order valence-corrected chi connectivity index (χ0v) is 15.7. The molecule has 3 heteroatoms. The van der Waals surface area contributed by atoms with Crippen molar-refractivity contribution in [3.63, 3.8) is 0 Å². The van der Waals surface area contributed by atoms with Crippen LogP contribution >= 0.6 is 0 Å². The van der Waals surface area contributed by atoms with E-state index in [0.717, 1.165) is 31.8 Å². The van der Waals surface area contributed by atoms with Crippen LogP contribution in [0.2, 0.25) is 0 Å². The lowest BCUT2D eigenvalue weighted by molar-refractivity contribution is 0.148. The van der Waals surface area contributed by atoms with Crippen LogP contribution in [0, 0.1) is 0 Å². The molecule has 3 nitrogen and oxygen atoms in total. The Morgan fingerprint density at radius 3 is 2.71 bits per heavy atom. The first-order valence-electron chi connectivity index (χ1n) is 10.0. The van der Waals surface area contributed by atoms with Crippen molar-refractivity contribution in [3.8, 4) is 5.75 Å². The van der Waals surface area contributed by atoms with Gasteiger partial charge in [0.1, 0.15) is 11.9 Å². The molecule has 0 aromatic heterocycles. The van der Waals surface area contributed by atoms with E-state index in [-0.39, 0.29) is 6.10 Å². The summed E-state index contributed by atoms with van der Waals surface area (Å²) in [5, 5.41) is 3.63. The Morgan fingerprint density at radius 1 is 1.17 bits per heavy atom. The van der Waals surface area contributed by atoms with Crippen LogP contribution in [-0.2, 0) is 6.42 Å². The van der Waals surface area contributed by atoms with Gasteiger partial charge in [0, 0.05) is 12.1 Å². The molecule has 0 spiro atoms. The molecule has 0 radical (unpaired) electrons. The third kappa shape index (κ3) is 3.78. The number of nitrogens with one attached hydrogen (secondary N) is 1. The van der Waals surface area contributed by atoms with Gasteiger partial charge in [-0.25, -0.2) is 0 Å². The lowest BCUT2D eigenvalue weighted by Gasteiger charge is -2.36. The summed E-state index contributed by atoms with van der Waals surface area (Å²) in [5.74, 6) is 1.13. The van der Waals surface area contributed by atoms with Crippen LogP contribution < -0.4 is 10.1 Å². The van der Waals surface area contributed by atoms with Crippen molar-refractivity contribution >= 4 is 0 Å². The first-order valence-corrected chi connectivity index (χ1v) is 10.0. The molecule has 24 heavy (non-hydrogen) atoms. The molecule has 1 heterocycles. The highest BCUT2D eigenvalue weighted by Crippen LogP contribution is 2.39. The van der Waals surface area contributed by atoms with Crippen LogP contribution in [0.15, 0.2) is 18.2 Å². The molecule has 1 aliphatic heterocycles. The van der Waals surface area contributed by atoms with Crippen LogP contribution in [-0.4, -0.2) is 36.7 Å². The van der Waals surface area contributed by atoms with Crippen molar-refractivity contribution in [2.75, 3.05) is 19.6 Å². The molecule has 0 amide bonds. The van der Waals surface area contributed by atoms with Crippen LogP contribution in [0.4, 0.5) is 0 Å². The van der Waals surface area contributed by atoms with Crippen molar-refractivity contribution in [1.82, 2.24) is 10.2 Å². The van der Waals surface area contributed by atoms with Crippen molar-refractivity contribution in [2.24, 2.45) is 0 Å². The van der Waals surface area contributed by atoms with Crippen LogP contribution in [0.5, 0.6) is 5.75 Å². The number of hydrogen-bond acceptors (Lipinski definition) is 3. The number of ether oxygens (including phenoxy) is 1. The smallest absolute Gasteiger partial charge is 0.123 e. The topological polar surface area (TPSA) is 24.5 Å². The maximum atomic E-state index is 6.47. The SMILES string of the molecule is CCN(CC)C1CCCc2c(OC(C)C3CCCCN3)cccc21. The number of fused-ring (bicyclic) bond motifs is 1. The lowest BCUT2D eigenvalue weighted by atomic mass is 9.86. The molecule has 1 saturated heterocycles. The summed E-state index contributed by atoms with van der Waals surface area (Å²) in [6.45, 7) is 10.1. The molecular weight excluding hydrogens is 296 g/mol. The molecule has 3 atom stereocenters. The molecule has 2 aliphatic rings. The molecule has 1 aliphatic carbocycles. The maximum absolute atomic E-state index is 6.47. The zero-order chi connectivity index (χ0) is 16.9. The average Bonchev–Trinajstić information content (AvgIpc) is 2.64. The average molecular weight is 331 g/mol. The van der Waals surface area contributed by atoms with Crippen molar-refractivity contribution in [1.29, 1.82) is 0 Å². The first-order chi connectivity index (χ1) is 11.7. The Morgan fingerprint density at radius 2 is 2.00 bits per heavy atom. The fourth-order valence-corrected chi connectivity index (χ4v) is 4.51. The van der Waals surface area contributed by atoms with Gasteiger partial charge in [0.15, 0.2) is 0 Å². The summed E-state index contributed by atoms with van der Waals surface area (Å²) < 4.78 is 6.47. The van der Waals surface area contributed by atoms with Crippen LogP contribution in [0.1, 0.15) is 70.0 Å². The van der Waals surface area contributed by atoms with Gasteiger partial charge in [-0.2, -0.15) is 0 Å². The van der Waals surface area contributed by atoms with Crippen molar-refractivity contribution < 1.29 is 4.74 Å². The quantitative estimate of drug-likeness (QED) is 0.841. The Bertz CT molecular complexity index is 521. The second kappa shape index (κ2) is 8.35. The standard InChI is InChI=1S/C21H34N2O/c1-4-23(5-2)20-13-8-11-18-17(20)10-9-14-21(18)24-16(3)19-12-6-7-15-22-19/h9-10,14,16,19-20,22H,4-8,11-13,15H2,1-3H3. The predicted molar refractivity (Wildman–Crippen MR) is 101 cm³/mol. The third-order valence-electron chi connectivity index (χ3n) is 5.91. The molecular formula is C21H34N2O. The summed E-state index contributed by atoms with van der Waals surface area (Å²) in [4.78, 5) is 2.59. The number of benzene rings is 1. The van der Waals surface area contributed by atoms with Gasteiger partial charge in [0.2, 0.25) is 0 Å². The van der Waals surface area contributed by atoms with E-state index < -0.39 is 0 Å². The van der Waals surface area contributed by atoms with E-state index in [9.17, 15) is 0 Å². The maximum Gasteiger partial charge on any atom is 0.123 e. The van der Waals surface area contributed by atoms with E-state index in [1.807, 2.05) is 0 Å². The summed E-state index contributed by atoms with van der Waals surface area (Å²) in [6, 6.07) is 7.76. The van der Waals surface area contributed by atoms with Gasteiger partial charge in [-0.1, -0.05) is 32.4 Å². The normalized spacial score (nSPS) is 25.3. The molecule has 1 aromatic carbocycles. The number of nitrogens with zero attached hydrogens (tertiary/aromatic N) is 1. The summed E-state index contributed by atoms with van der Waals surface area (Å²) in [6.07, 6.45) is 7.80. The van der Waals surface area contributed by atoms with Gasteiger partial charge in [-0.3, -0.25) is 4.90 Å². The predicted octanol–water partition coefficient (Wildman–Crippen LogP) is 4.32. The molecule has 3 rings (SSSR count). The Hall–Kier alpha value is -1.06. The minimum Gasteiger partial charge on any atom is -0.489 e. The van der Waals surface area contributed by atoms with Gasteiger partial charge in [-0.15, -0.1) is 0 Å². The summed E-state index contributed by atoms with van der Waals surface area (Å²) in [7, 11) is 0. The Balaban J connectivity index is 1.79. The summed E-state index contributed by atoms with van der Waals surface area (Å²) >= 11 is 0. The van der Waals surface area contributed by atoms with Crippen LogP contribution in [0.25, 0.3) is 0 Å². The second-order valence-electron chi connectivity index (χ2n) is 7.33. The van der Waals surface area contributed by atoms with E-state index >= 15 is 0 Å². The number of hydrogen-bond donors (Lipinski definition) is 1. The summed E-state index contributed by atoms with van der Waals surface area (Å²) in [5.41, 5.74) is 2.97. The van der Waals surface area contributed by atoms with Crippen molar-refractivity contribution in [3.05, 3.63) is 29.3 Å². The molecule has 3 unspecified atom stereocenters. The van der Waals surface area contributed by atoms with Gasteiger partial charge in [0.05, 0.1) is 0 Å². The second-order valence-corrected chi connectivity index (χ2v) is 7.33. The van der Waals surface area contributed by atoms with Gasteiger partial charge in [-0.05, 0) is 75.9 Å². The fraction of sp³-hybridized carbons (Fsp3) is 0.714. The van der Waals surface area contributed by atoms with Gasteiger partial charge < -0.3 is 10.1 Å². The zero-order valence-electron chi connectivity index (χ0n) is 15.7. The van der Waals surface area contributed by atoms with E-state index in [2.05, 4.69) is 49.2 Å². The minimum atomic E-state index is 0.241. The lowest BCUT2D eigenvalue weighted by Crippen LogP contribution is -2.44. The largest absolute Gasteiger partial charge is 0.489 e. The van der Waals surface area contributed by atoms with E-state index in [1.165, 1.54) is 43.2 Å². The minimum absolute atomic E-state index is 0.241. The highest BCUT2D eigenvalue weighted by atomic mass is 16.5. The monoisotopic (exact) mass is 330 g/mol. The molecule has 134 valence electrons. The van der Waals surface area contributed by atoms with E-state index in [4.69, 9.17) is 4.74 Å². The van der Waals surface area contributed by atoms with E-state index in [1.54, 1.807) is 0 Å². The molecule has 1 aromatic rings. The number of piperidine rings is 1. The van der Waals surface area contributed by atoms with Crippen LogP contribution in [0.3, 0.4) is 0 Å². The van der Waals surface area contributed by atoms with E-state index in [0.29, 0.717) is 12.1 Å². The van der Waals surface area contributed by atoms with Crippen molar-refractivity contribution in [2.45, 2.75) is 77.5 Å². The highest BCUT2D eigenvalue weighted by Gasteiger charge is 2.28. The Labute approximate surface area is 147 Å². The van der Waals surface area contributed by atoms with Gasteiger partial charge in [0.25, 0.3) is 0 Å².